The van der Waals surface area contributed by atoms with Crippen LogP contribution >= 0.6 is 24.8 Å². The van der Waals surface area contributed by atoms with Gasteiger partial charge in [0.15, 0.2) is 0 Å². The number of nitrogens with one attached hydrogen (secondary N) is 1. The topological polar surface area (TPSA) is 119 Å². The predicted octanol–water partition coefficient (Wildman–Crippen LogP) is 3.47. The van der Waals surface area contributed by atoms with Gasteiger partial charge in [0.25, 0.3) is 5.69 Å². The molecular formula is C16H15Cl2F3N2O6. The molecule has 1 aromatic carbocycles. The van der Waals surface area contributed by atoms with Crippen LogP contribution in [0.4, 0.5) is 18.9 Å². The van der Waals surface area contributed by atoms with Crippen molar-refractivity contribution >= 4 is 42.4 Å². The van der Waals surface area contributed by atoms with Gasteiger partial charge >= 0.3 is 18.1 Å². The summed E-state index contributed by atoms with van der Waals surface area (Å²) in [6.45, 7) is 1.10. The second-order valence-electron chi connectivity index (χ2n) is 5.53. The van der Waals surface area contributed by atoms with E-state index >= 15 is 0 Å². The van der Waals surface area contributed by atoms with Crippen LogP contribution in [0.1, 0.15) is 18.4 Å². The van der Waals surface area contributed by atoms with Gasteiger partial charge < -0.3 is 15.2 Å². The Morgan fingerprint density at radius 3 is 2.28 bits per heavy atom. The molecule has 1 heterocycles. The molecule has 13 heteroatoms. The zero-order valence-corrected chi connectivity index (χ0v) is 16.4. The molecule has 160 valence electrons. The summed E-state index contributed by atoms with van der Waals surface area (Å²) in [5.41, 5.74) is -4.00. The third-order valence-electron chi connectivity index (χ3n) is 3.90. The van der Waals surface area contributed by atoms with Crippen LogP contribution in [0.25, 0.3) is 0 Å². The number of dihydropyridines is 1. The van der Waals surface area contributed by atoms with Crippen molar-refractivity contribution < 1.29 is 37.5 Å². The Morgan fingerprint density at radius 1 is 1.24 bits per heavy atom. The number of benzene rings is 1. The van der Waals surface area contributed by atoms with Gasteiger partial charge in [-0.05, 0) is 12.5 Å². The van der Waals surface area contributed by atoms with E-state index in [1.165, 1.54) is 12.1 Å². The fraction of sp³-hybridized carbons (Fsp3) is 0.250. The Labute approximate surface area is 174 Å². The molecule has 29 heavy (non-hydrogen) atoms. The number of carboxylic acid groups (broad SMARTS) is 1. The summed E-state index contributed by atoms with van der Waals surface area (Å²) in [6.07, 6.45) is -5.02. The van der Waals surface area contributed by atoms with Crippen molar-refractivity contribution in [3.8, 4) is 0 Å². The number of methoxy groups -OCH3 is 1. The zero-order valence-electron chi connectivity index (χ0n) is 14.8. The number of ether oxygens (including phenoxy) is 1. The van der Waals surface area contributed by atoms with Crippen molar-refractivity contribution in [1.82, 2.24) is 5.32 Å². The lowest BCUT2D eigenvalue weighted by Crippen LogP contribution is -2.38. The molecule has 0 aromatic heterocycles. The minimum atomic E-state index is -5.02. The van der Waals surface area contributed by atoms with Crippen LogP contribution in [0.2, 0.25) is 0 Å². The average molecular weight is 459 g/mol. The number of non-ortho nitro benzene ring substituents is 1. The second-order valence-corrected chi connectivity index (χ2v) is 5.53. The van der Waals surface area contributed by atoms with Crippen LogP contribution in [0.5, 0.6) is 0 Å². The summed E-state index contributed by atoms with van der Waals surface area (Å²) in [5.74, 6) is -4.70. The molecule has 0 saturated carbocycles. The monoisotopic (exact) mass is 458 g/mol. The normalized spacial score (nSPS) is 16.2. The number of esters is 1. The number of rotatable bonds is 4. The SMILES string of the molecule is COC(=O)C1=C(C(F)(F)F)NC(C)=C(C(=O)O)C1c1cccc([N+](=O)[O-])c1.Cl.Cl. The van der Waals surface area contributed by atoms with E-state index in [2.05, 4.69) is 4.74 Å². The molecule has 0 amide bonds. The quantitative estimate of drug-likeness (QED) is 0.402. The minimum absolute atomic E-state index is 0. The van der Waals surface area contributed by atoms with Crippen LogP contribution in [-0.4, -0.2) is 35.3 Å². The van der Waals surface area contributed by atoms with Crippen molar-refractivity contribution in [2.45, 2.75) is 19.0 Å². The summed E-state index contributed by atoms with van der Waals surface area (Å²) in [5, 5.41) is 22.4. The van der Waals surface area contributed by atoms with Gasteiger partial charge in [-0.25, -0.2) is 9.59 Å². The number of halogens is 5. The van der Waals surface area contributed by atoms with Crippen LogP contribution in [0.15, 0.2) is 46.8 Å². The van der Waals surface area contributed by atoms with Crippen LogP contribution in [-0.2, 0) is 14.3 Å². The maximum Gasteiger partial charge on any atom is 0.431 e. The van der Waals surface area contributed by atoms with Crippen molar-refractivity contribution in [2.24, 2.45) is 0 Å². The van der Waals surface area contributed by atoms with Crippen LogP contribution < -0.4 is 5.32 Å². The van der Waals surface area contributed by atoms with E-state index < -0.39 is 51.5 Å². The molecule has 0 bridgehead atoms. The largest absolute Gasteiger partial charge is 0.478 e. The van der Waals surface area contributed by atoms with Gasteiger partial charge in [0.1, 0.15) is 5.70 Å². The molecule has 0 saturated heterocycles. The first-order chi connectivity index (χ1) is 12.5. The number of aliphatic carboxylic acids is 1. The lowest BCUT2D eigenvalue weighted by atomic mass is 9.80. The molecule has 0 aliphatic carbocycles. The molecule has 1 aliphatic rings. The number of alkyl halides is 3. The predicted molar refractivity (Wildman–Crippen MR) is 98.9 cm³/mol. The van der Waals surface area contributed by atoms with Crippen molar-refractivity contribution in [3.05, 3.63) is 62.5 Å². The molecule has 0 radical (unpaired) electrons. The number of hydrogen-bond acceptors (Lipinski definition) is 6. The van der Waals surface area contributed by atoms with Gasteiger partial charge in [0.05, 0.1) is 29.1 Å². The number of carbonyl (C=O) groups excluding carboxylic acids is 1. The molecular weight excluding hydrogens is 444 g/mol. The maximum atomic E-state index is 13.5. The third kappa shape index (κ3) is 5.18. The maximum absolute atomic E-state index is 13.5. The number of allylic oxidation sites excluding steroid dienone is 2. The standard InChI is InChI=1S/C16H13F3N2O6.2ClH/c1-7-10(14(22)23)11(8-4-3-5-9(6-8)21(25)26)12(15(24)27-2)13(20-7)16(17,18)19;;/h3-6,11,20H,1-2H3,(H,22,23);2*1H. The third-order valence-corrected chi connectivity index (χ3v) is 3.90. The van der Waals surface area contributed by atoms with Crippen LogP contribution in [0.3, 0.4) is 0 Å². The number of carboxylic acids is 1. The lowest BCUT2D eigenvalue weighted by molar-refractivity contribution is -0.384. The highest BCUT2D eigenvalue weighted by Crippen LogP contribution is 2.43. The zero-order chi connectivity index (χ0) is 20.5. The van der Waals surface area contributed by atoms with Gasteiger partial charge in [-0.2, -0.15) is 13.2 Å². The smallest absolute Gasteiger partial charge is 0.431 e. The van der Waals surface area contributed by atoms with E-state index in [0.717, 1.165) is 26.2 Å². The summed E-state index contributed by atoms with van der Waals surface area (Å²) >= 11 is 0. The fourth-order valence-corrected chi connectivity index (χ4v) is 2.82. The molecule has 1 atom stereocenters. The Kier molecular flexibility index (Phi) is 8.69. The van der Waals surface area contributed by atoms with E-state index in [9.17, 15) is 38.0 Å². The van der Waals surface area contributed by atoms with E-state index in [1.807, 2.05) is 5.32 Å². The number of hydrogen-bond donors (Lipinski definition) is 2. The first-order valence-electron chi connectivity index (χ1n) is 7.34. The highest BCUT2D eigenvalue weighted by molar-refractivity contribution is 5.99. The number of nitro benzene ring substituents is 1. The Hall–Kier alpha value is -2.79. The van der Waals surface area contributed by atoms with E-state index in [4.69, 9.17) is 0 Å². The van der Waals surface area contributed by atoms with E-state index in [-0.39, 0.29) is 36.1 Å². The highest BCUT2D eigenvalue weighted by atomic mass is 35.5. The Balaban J connectivity index is 0.00000392. The number of nitro groups is 1. The lowest BCUT2D eigenvalue weighted by Gasteiger charge is -2.31. The second kappa shape index (κ2) is 9.61. The summed E-state index contributed by atoms with van der Waals surface area (Å²) in [4.78, 5) is 34.0. The average Bonchev–Trinajstić information content (AvgIpc) is 2.59. The highest BCUT2D eigenvalue weighted by Gasteiger charge is 2.47. The van der Waals surface area contributed by atoms with Gasteiger partial charge in [0, 0.05) is 17.8 Å². The van der Waals surface area contributed by atoms with E-state index in [0.29, 0.717) is 0 Å². The minimum Gasteiger partial charge on any atom is -0.478 e. The fourth-order valence-electron chi connectivity index (χ4n) is 2.82. The van der Waals surface area contributed by atoms with Gasteiger partial charge in [-0.15, -0.1) is 24.8 Å². The molecule has 1 unspecified atom stereocenters. The summed E-state index contributed by atoms with van der Waals surface area (Å²) < 4.78 is 44.9. The molecule has 2 N–H and O–H groups in total. The number of carbonyl (C=O) groups is 2. The van der Waals surface area contributed by atoms with Gasteiger partial charge in [0.2, 0.25) is 0 Å². The van der Waals surface area contributed by atoms with Crippen LogP contribution in [0, 0.1) is 10.1 Å². The first kappa shape index (κ1) is 26.2. The molecule has 0 fully saturated rings. The molecule has 0 spiro atoms. The molecule has 1 aliphatic heterocycles. The summed E-state index contributed by atoms with van der Waals surface area (Å²) in [6, 6.07) is 4.40. The van der Waals surface area contributed by atoms with Gasteiger partial charge in [-0.1, -0.05) is 12.1 Å². The van der Waals surface area contributed by atoms with Crippen molar-refractivity contribution in [2.75, 3.05) is 7.11 Å². The van der Waals surface area contributed by atoms with Crippen molar-refractivity contribution in [3.63, 3.8) is 0 Å². The first-order valence-corrected chi connectivity index (χ1v) is 7.34. The molecule has 1 aromatic rings. The molecule has 2 rings (SSSR count). The van der Waals surface area contributed by atoms with Gasteiger partial charge in [-0.3, -0.25) is 10.1 Å². The summed E-state index contributed by atoms with van der Waals surface area (Å²) in [7, 11) is 0.847. The number of nitrogens with zero attached hydrogens (tertiary/aromatic N) is 1. The Bertz CT molecular complexity index is 899. The molecule has 8 nitrogen and oxygen atoms in total. The van der Waals surface area contributed by atoms with E-state index in [1.54, 1.807) is 0 Å². The Morgan fingerprint density at radius 2 is 1.83 bits per heavy atom. The van der Waals surface area contributed by atoms with Crippen molar-refractivity contribution in [1.29, 1.82) is 0 Å².